The lowest BCUT2D eigenvalue weighted by Crippen LogP contribution is -2.43. The van der Waals surface area contributed by atoms with Crippen LogP contribution in [0, 0.1) is 0 Å². The van der Waals surface area contributed by atoms with E-state index in [0.717, 1.165) is 31.6 Å². The SMILES string of the molecule is O=C(Nc1cccc2n[nH]nc12)N1CCCOC(CN2CCCC2)C1. The minimum absolute atomic E-state index is 0.0780. The van der Waals surface area contributed by atoms with Crippen molar-refractivity contribution in [3.05, 3.63) is 18.2 Å². The Bertz CT molecular complexity index is 727. The number of likely N-dealkylation sites (tertiary alicyclic amines) is 1. The van der Waals surface area contributed by atoms with Crippen molar-refractivity contribution in [3.8, 4) is 0 Å². The van der Waals surface area contributed by atoms with Crippen LogP contribution in [0.1, 0.15) is 19.3 Å². The first-order valence-corrected chi connectivity index (χ1v) is 8.99. The molecule has 1 unspecified atom stereocenters. The average molecular weight is 344 g/mol. The largest absolute Gasteiger partial charge is 0.375 e. The Labute approximate surface area is 146 Å². The fraction of sp³-hybridized carbons (Fsp3) is 0.588. The van der Waals surface area contributed by atoms with Gasteiger partial charge in [0.05, 0.1) is 11.8 Å². The zero-order valence-corrected chi connectivity index (χ0v) is 14.3. The lowest BCUT2D eigenvalue weighted by atomic mass is 10.2. The molecule has 0 saturated carbocycles. The molecule has 1 atom stereocenters. The van der Waals surface area contributed by atoms with Gasteiger partial charge in [-0.2, -0.15) is 15.4 Å². The van der Waals surface area contributed by atoms with Crippen molar-refractivity contribution in [1.29, 1.82) is 0 Å². The number of ether oxygens (including phenoxy) is 1. The highest BCUT2D eigenvalue weighted by atomic mass is 16.5. The number of carbonyl (C=O) groups excluding carboxylic acids is 1. The predicted molar refractivity (Wildman–Crippen MR) is 94.5 cm³/mol. The van der Waals surface area contributed by atoms with Crippen LogP contribution in [-0.4, -0.2) is 76.7 Å². The number of benzene rings is 1. The van der Waals surface area contributed by atoms with Crippen molar-refractivity contribution >= 4 is 22.8 Å². The van der Waals surface area contributed by atoms with Gasteiger partial charge >= 0.3 is 6.03 Å². The van der Waals surface area contributed by atoms with Gasteiger partial charge in [-0.05, 0) is 44.5 Å². The quantitative estimate of drug-likeness (QED) is 0.885. The Morgan fingerprint density at radius 3 is 3.00 bits per heavy atom. The Morgan fingerprint density at radius 1 is 1.24 bits per heavy atom. The van der Waals surface area contributed by atoms with E-state index in [1.54, 1.807) is 0 Å². The molecule has 0 bridgehead atoms. The molecule has 134 valence electrons. The highest BCUT2D eigenvalue weighted by molar-refractivity contribution is 5.98. The Morgan fingerprint density at radius 2 is 2.12 bits per heavy atom. The van der Waals surface area contributed by atoms with Gasteiger partial charge in [-0.1, -0.05) is 6.07 Å². The van der Waals surface area contributed by atoms with E-state index in [-0.39, 0.29) is 12.1 Å². The number of amides is 2. The van der Waals surface area contributed by atoms with E-state index in [4.69, 9.17) is 4.74 Å². The molecule has 2 fully saturated rings. The lowest BCUT2D eigenvalue weighted by molar-refractivity contribution is 0.0355. The van der Waals surface area contributed by atoms with E-state index in [1.807, 2.05) is 23.1 Å². The van der Waals surface area contributed by atoms with E-state index in [2.05, 4.69) is 25.6 Å². The molecule has 2 N–H and O–H groups in total. The normalized spacial score (nSPS) is 22.2. The Hall–Kier alpha value is -2.19. The number of hydrogen-bond acceptors (Lipinski definition) is 5. The average Bonchev–Trinajstić information content (AvgIpc) is 3.24. The molecule has 3 heterocycles. The number of aromatic nitrogens is 3. The van der Waals surface area contributed by atoms with Crippen molar-refractivity contribution in [1.82, 2.24) is 25.2 Å². The molecule has 2 aromatic rings. The number of H-pyrrole nitrogens is 1. The van der Waals surface area contributed by atoms with Crippen molar-refractivity contribution < 1.29 is 9.53 Å². The van der Waals surface area contributed by atoms with Gasteiger partial charge in [-0.15, -0.1) is 0 Å². The molecule has 4 rings (SSSR count). The smallest absolute Gasteiger partial charge is 0.321 e. The van der Waals surface area contributed by atoms with Gasteiger partial charge in [0.15, 0.2) is 0 Å². The number of hydrogen-bond donors (Lipinski definition) is 2. The first kappa shape index (κ1) is 16.3. The van der Waals surface area contributed by atoms with Crippen LogP contribution in [0.15, 0.2) is 18.2 Å². The summed E-state index contributed by atoms with van der Waals surface area (Å²) in [5.74, 6) is 0. The van der Waals surface area contributed by atoms with E-state index in [0.29, 0.717) is 30.9 Å². The molecule has 2 aliphatic heterocycles. The molecule has 0 spiro atoms. The third-order valence-corrected chi connectivity index (χ3v) is 4.89. The van der Waals surface area contributed by atoms with Gasteiger partial charge in [0.25, 0.3) is 0 Å². The third-order valence-electron chi connectivity index (χ3n) is 4.89. The van der Waals surface area contributed by atoms with Crippen LogP contribution < -0.4 is 5.32 Å². The third kappa shape index (κ3) is 3.74. The number of nitrogens with one attached hydrogen (secondary N) is 2. The molecule has 2 aliphatic rings. The zero-order chi connectivity index (χ0) is 17.1. The second kappa shape index (κ2) is 7.37. The fourth-order valence-corrected chi connectivity index (χ4v) is 3.61. The van der Waals surface area contributed by atoms with E-state index < -0.39 is 0 Å². The van der Waals surface area contributed by atoms with Gasteiger partial charge in [0, 0.05) is 26.2 Å². The van der Waals surface area contributed by atoms with Gasteiger partial charge in [0.2, 0.25) is 0 Å². The van der Waals surface area contributed by atoms with Crippen LogP contribution in [0.25, 0.3) is 11.0 Å². The van der Waals surface area contributed by atoms with Crippen molar-refractivity contribution in [2.24, 2.45) is 0 Å². The number of nitrogens with zero attached hydrogens (tertiary/aromatic N) is 4. The fourth-order valence-electron chi connectivity index (χ4n) is 3.61. The van der Waals surface area contributed by atoms with E-state index in [9.17, 15) is 4.79 Å². The van der Waals surface area contributed by atoms with Gasteiger partial charge in [-0.25, -0.2) is 4.79 Å². The maximum Gasteiger partial charge on any atom is 0.321 e. The summed E-state index contributed by atoms with van der Waals surface area (Å²) in [5.41, 5.74) is 2.09. The molecule has 8 nitrogen and oxygen atoms in total. The number of rotatable bonds is 3. The second-order valence-electron chi connectivity index (χ2n) is 6.73. The second-order valence-corrected chi connectivity index (χ2v) is 6.73. The minimum atomic E-state index is -0.104. The van der Waals surface area contributed by atoms with Crippen molar-refractivity contribution in [2.75, 3.05) is 44.6 Å². The standard InChI is InChI=1S/C17H24N6O2/c24-17(18-14-5-3-6-15-16(14)20-21-19-15)23-9-4-10-25-13(12-23)11-22-7-1-2-8-22/h3,5-6,13H,1-2,4,7-12H2,(H,18,24)(H,19,20,21). The summed E-state index contributed by atoms with van der Waals surface area (Å²) in [7, 11) is 0. The summed E-state index contributed by atoms with van der Waals surface area (Å²) in [4.78, 5) is 17.0. The van der Waals surface area contributed by atoms with Crippen molar-refractivity contribution in [3.63, 3.8) is 0 Å². The highest BCUT2D eigenvalue weighted by Gasteiger charge is 2.25. The number of carbonyl (C=O) groups is 1. The molecule has 1 aromatic heterocycles. The van der Waals surface area contributed by atoms with Crippen LogP contribution in [0.5, 0.6) is 0 Å². The number of para-hydroxylation sites is 1. The van der Waals surface area contributed by atoms with Crippen molar-refractivity contribution in [2.45, 2.75) is 25.4 Å². The van der Waals surface area contributed by atoms with Gasteiger partial charge in [0.1, 0.15) is 11.0 Å². The highest BCUT2D eigenvalue weighted by Crippen LogP contribution is 2.20. The Balaban J connectivity index is 1.42. The monoisotopic (exact) mass is 344 g/mol. The number of anilines is 1. The summed E-state index contributed by atoms with van der Waals surface area (Å²) < 4.78 is 5.96. The predicted octanol–water partition coefficient (Wildman–Crippen LogP) is 1.68. The summed E-state index contributed by atoms with van der Waals surface area (Å²) >= 11 is 0. The summed E-state index contributed by atoms with van der Waals surface area (Å²) in [5, 5.41) is 13.8. The number of fused-ring (bicyclic) bond motifs is 1. The first-order chi connectivity index (χ1) is 12.3. The molecule has 25 heavy (non-hydrogen) atoms. The van der Waals surface area contributed by atoms with Gasteiger partial charge < -0.3 is 19.9 Å². The minimum Gasteiger partial charge on any atom is -0.375 e. The van der Waals surface area contributed by atoms with Crippen LogP contribution in [-0.2, 0) is 4.74 Å². The van der Waals surface area contributed by atoms with Crippen LogP contribution in [0.3, 0.4) is 0 Å². The summed E-state index contributed by atoms with van der Waals surface area (Å²) in [6.07, 6.45) is 3.46. The molecular weight excluding hydrogens is 320 g/mol. The van der Waals surface area contributed by atoms with Crippen LogP contribution >= 0.6 is 0 Å². The summed E-state index contributed by atoms with van der Waals surface area (Å²) in [6.45, 7) is 5.22. The molecule has 0 aliphatic carbocycles. The molecule has 2 saturated heterocycles. The molecule has 8 heteroatoms. The number of urea groups is 1. The molecule has 0 radical (unpaired) electrons. The maximum atomic E-state index is 12.8. The maximum absolute atomic E-state index is 12.8. The number of aromatic amines is 1. The molecule has 1 aromatic carbocycles. The lowest BCUT2D eigenvalue weighted by Gasteiger charge is -2.27. The molecular formula is C17H24N6O2. The Kier molecular flexibility index (Phi) is 4.80. The molecule has 2 amide bonds. The first-order valence-electron chi connectivity index (χ1n) is 8.99. The van der Waals surface area contributed by atoms with E-state index in [1.165, 1.54) is 12.8 Å². The summed E-state index contributed by atoms with van der Waals surface area (Å²) in [6, 6.07) is 5.47. The zero-order valence-electron chi connectivity index (χ0n) is 14.3. The topological polar surface area (TPSA) is 86.4 Å². The van der Waals surface area contributed by atoms with Crippen LogP contribution in [0.4, 0.5) is 10.5 Å². The van der Waals surface area contributed by atoms with Crippen LogP contribution in [0.2, 0.25) is 0 Å². The van der Waals surface area contributed by atoms with Gasteiger partial charge in [-0.3, -0.25) is 0 Å². The van der Waals surface area contributed by atoms with E-state index >= 15 is 0 Å².